The number of pyridine rings is 1. The molecule has 2 atom stereocenters. The van der Waals surface area contributed by atoms with Crippen LogP contribution in [0.2, 0.25) is 0 Å². The van der Waals surface area contributed by atoms with Crippen molar-refractivity contribution in [3.8, 4) is 5.75 Å². The second-order valence-electron chi connectivity index (χ2n) is 7.15. The molecule has 2 aromatic rings. The smallest absolute Gasteiger partial charge is 0.491 e. The van der Waals surface area contributed by atoms with E-state index < -0.39 is 40.7 Å². The Morgan fingerprint density at radius 2 is 1.84 bits per heavy atom. The van der Waals surface area contributed by atoms with E-state index in [1.165, 1.54) is 0 Å². The molecule has 32 heavy (non-hydrogen) atoms. The van der Waals surface area contributed by atoms with Gasteiger partial charge < -0.3 is 14.8 Å². The van der Waals surface area contributed by atoms with Crippen LogP contribution in [0.25, 0.3) is 0 Å². The third kappa shape index (κ3) is 5.83. The predicted molar refractivity (Wildman–Crippen MR) is 112 cm³/mol. The van der Waals surface area contributed by atoms with E-state index >= 15 is 0 Å². The summed E-state index contributed by atoms with van der Waals surface area (Å²) < 4.78 is 44.8. The van der Waals surface area contributed by atoms with E-state index in [0.29, 0.717) is 24.3 Å². The van der Waals surface area contributed by atoms with Gasteiger partial charge in [-0.3, -0.25) is 4.79 Å². The van der Waals surface area contributed by atoms with Crippen LogP contribution in [-0.2, 0) is 20.7 Å². The van der Waals surface area contributed by atoms with Gasteiger partial charge >= 0.3 is 18.1 Å². The number of nitrogens with zero attached hydrogens (tertiary/aromatic N) is 1. The number of rotatable bonds is 8. The Kier molecular flexibility index (Phi) is 7.19. The molecular formula is C21H19Cl2F3N2O4. The van der Waals surface area contributed by atoms with Gasteiger partial charge in [0.1, 0.15) is 15.9 Å². The van der Waals surface area contributed by atoms with Crippen molar-refractivity contribution in [1.82, 2.24) is 4.98 Å². The highest BCUT2D eigenvalue weighted by atomic mass is 35.5. The number of aromatic nitrogens is 1. The van der Waals surface area contributed by atoms with E-state index in [2.05, 4.69) is 15.0 Å². The van der Waals surface area contributed by atoms with Crippen LogP contribution in [0.5, 0.6) is 5.75 Å². The van der Waals surface area contributed by atoms with E-state index in [1.807, 2.05) is 18.2 Å². The van der Waals surface area contributed by atoms with Crippen LogP contribution in [-0.4, -0.2) is 41.1 Å². The van der Waals surface area contributed by atoms with Crippen molar-refractivity contribution in [2.24, 2.45) is 5.92 Å². The summed E-state index contributed by atoms with van der Waals surface area (Å²) in [6.45, 7) is 0.402. The molecule has 1 aliphatic rings. The highest BCUT2D eigenvalue weighted by Crippen LogP contribution is 2.66. The van der Waals surface area contributed by atoms with Crippen molar-refractivity contribution in [3.63, 3.8) is 0 Å². The van der Waals surface area contributed by atoms with Crippen molar-refractivity contribution < 1.29 is 32.2 Å². The molecule has 2 unspecified atom stereocenters. The van der Waals surface area contributed by atoms with Crippen LogP contribution in [0, 0.1) is 5.92 Å². The molecule has 3 rings (SSSR count). The van der Waals surface area contributed by atoms with Crippen LogP contribution in [0.3, 0.4) is 0 Å². The van der Waals surface area contributed by atoms with Gasteiger partial charge in [-0.15, -0.1) is 23.2 Å². The molecule has 1 saturated carbocycles. The maximum atomic E-state index is 12.2. The van der Waals surface area contributed by atoms with E-state index in [1.54, 1.807) is 31.3 Å². The number of nitrogens with one attached hydrogen (secondary N) is 1. The maximum absolute atomic E-state index is 12.2. The Morgan fingerprint density at radius 3 is 2.47 bits per heavy atom. The zero-order chi connectivity index (χ0) is 23.5. The lowest BCUT2D eigenvalue weighted by molar-refractivity contribution is -0.202. The van der Waals surface area contributed by atoms with Gasteiger partial charge in [-0.05, 0) is 29.8 Å². The Balaban J connectivity index is 1.52. The number of esters is 2. The lowest BCUT2D eigenvalue weighted by Gasteiger charge is -2.08. The number of hydrogen-bond donors (Lipinski definition) is 1. The first kappa shape index (κ1) is 24.1. The van der Waals surface area contributed by atoms with Crippen LogP contribution in [0.1, 0.15) is 23.6 Å². The SMILES string of the molecule is CNc1cccc(CCOc2ccc(C3C(CC(=O)OC(=O)C(F)(F)F)C3(Cl)Cl)cc2)n1. The quantitative estimate of drug-likeness (QED) is 0.329. The molecule has 1 aromatic heterocycles. The first-order valence-corrected chi connectivity index (χ1v) is 10.3. The molecule has 1 aliphatic carbocycles. The fourth-order valence-corrected chi connectivity index (χ4v) is 4.12. The Bertz CT molecular complexity index is 984. The highest BCUT2D eigenvalue weighted by molar-refractivity contribution is 6.52. The Hall–Kier alpha value is -2.52. The number of ether oxygens (including phenoxy) is 2. The molecule has 1 aromatic carbocycles. The number of hydrogen-bond acceptors (Lipinski definition) is 6. The second-order valence-corrected chi connectivity index (χ2v) is 8.60. The van der Waals surface area contributed by atoms with E-state index in [9.17, 15) is 22.8 Å². The maximum Gasteiger partial charge on any atom is 0.491 e. The van der Waals surface area contributed by atoms with Crippen LogP contribution in [0.15, 0.2) is 42.5 Å². The van der Waals surface area contributed by atoms with E-state index in [4.69, 9.17) is 27.9 Å². The molecule has 0 bridgehead atoms. The van der Waals surface area contributed by atoms with Crippen molar-refractivity contribution in [3.05, 3.63) is 53.7 Å². The summed E-state index contributed by atoms with van der Waals surface area (Å²) in [6, 6.07) is 12.5. The van der Waals surface area contributed by atoms with Gasteiger partial charge in [0.2, 0.25) is 0 Å². The summed E-state index contributed by atoms with van der Waals surface area (Å²) in [6.07, 6.45) is -5.16. The number of anilines is 1. The van der Waals surface area contributed by atoms with Gasteiger partial charge in [0.05, 0.1) is 13.0 Å². The largest absolute Gasteiger partial charge is 0.493 e. The molecule has 172 valence electrons. The number of alkyl halides is 5. The Labute approximate surface area is 192 Å². The van der Waals surface area contributed by atoms with Crippen LogP contribution >= 0.6 is 23.2 Å². The topological polar surface area (TPSA) is 77.5 Å². The van der Waals surface area contributed by atoms with Gasteiger partial charge in [-0.2, -0.15) is 13.2 Å². The first-order valence-electron chi connectivity index (χ1n) is 9.58. The molecule has 0 amide bonds. The van der Waals surface area contributed by atoms with Gasteiger partial charge in [0.15, 0.2) is 0 Å². The second kappa shape index (κ2) is 9.54. The lowest BCUT2D eigenvalue weighted by atomic mass is 10.1. The lowest BCUT2D eigenvalue weighted by Crippen LogP contribution is -2.28. The van der Waals surface area contributed by atoms with Gasteiger partial charge in [-0.1, -0.05) is 18.2 Å². The summed E-state index contributed by atoms with van der Waals surface area (Å²) in [5.41, 5.74) is 1.56. The average Bonchev–Trinajstić information content (AvgIpc) is 3.27. The normalized spacial score (nSPS) is 19.2. The van der Waals surface area contributed by atoms with Gasteiger partial charge in [0, 0.05) is 31.0 Å². The summed E-state index contributed by atoms with van der Waals surface area (Å²) in [5, 5.41) is 2.97. The number of halogens is 5. The highest BCUT2D eigenvalue weighted by Gasteiger charge is 2.64. The number of benzene rings is 1. The van der Waals surface area contributed by atoms with Crippen molar-refractivity contribution >= 4 is 41.0 Å². The molecule has 6 nitrogen and oxygen atoms in total. The fraction of sp³-hybridized carbons (Fsp3) is 0.381. The molecule has 11 heteroatoms. The third-order valence-corrected chi connectivity index (χ3v) is 5.99. The zero-order valence-electron chi connectivity index (χ0n) is 16.8. The minimum absolute atomic E-state index is 0.402. The molecule has 1 N–H and O–H groups in total. The first-order chi connectivity index (χ1) is 15.0. The van der Waals surface area contributed by atoms with E-state index in [0.717, 1.165) is 11.5 Å². The summed E-state index contributed by atoms with van der Waals surface area (Å²) in [7, 11) is 1.79. The average molecular weight is 491 g/mol. The number of carbonyl (C=O) groups excluding carboxylic acids is 2. The monoisotopic (exact) mass is 490 g/mol. The minimum Gasteiger partial charge on any atom is -0.493 e. The molecule has 0 aliphatic heterocycles. The van der Waals surface area contributed by atoms with Gasteiger partial charge in [-0.25, -0.2) is 9.78 Å². The van der Waals surface area contributed by atoms with Crippen molar-refractivity contribution in [2.45, 2.75) is 29.3 Å². The summed E-state index contributed by atoms with van der Waals surface area (Å²) in [4.78, 5) is 26.8. The predicted octanol–water partition coefficient (Wildman–Crippen LogP) is 4.65. The molecule has 1 fully saturated rings. The van der Waals surface area contributed by atoms with Crippen molar-refractivity contribution in [2.75, 3.05) is 19.0 Å². The Morgan fingerprint density at radius 1 is 1.16 bits per heavy atom. The summed E-state index contributed by atoms with van der Waals surface area (Å²) in [5.74, 6) is -3.72. The van der Waals surface area contributed by atoms with Gasteiger partial charge in [0.25, 0.3) is 0 Å². The zero-order valence-corrected chi connectivity index (χ0v) is 18.3. The standard InChI is InChI=1S/C21H19Cl2F3N2O4/c1-27-16-4-2-3-13(28-16)9-10-31-14-7-5-12(6-8-14)18-15(20(18,22)23)11-17(29)32-19(30)21(24,25)26/h2-8,15,18H,9-11H2,1H3,(H,27,28). The van der Waals surface area contributed by atoms with Crippen LogP contribution < -0.4 is 10.1 Å². The number of carbonyl (C=O) groups is 2. The minimum atomic E-state index is -5.25. The molecular weight excluding hydrogens is 472 g/mol. The van der Waals surface area contributed by atoms with Crippen LogP contribution in [0.4, 0.5) is 19.0 Å². The molecule has 1 heterocycles. The fourth-order valence-electron chi connectivity index (χ4n) is 3.28. The van der Waals surface area contributed by atoms with E-state index in [-0.39, 0.29) is 0 Å². The molecule has 0 spiro atoms. The molecule has 0 saturated heterocycles. The summed E-state index contributed by atoms with van der Waals surface area (Å²) >= 11 is 12.4. The van der Waals surface area contributed by atoms with Crippen molar-refractivity contribution in [1.29, 1.82) is 0 Å². The third-order valence-electron chi connectivity index (χ3n) is 4.96. The molecule has 0 radical (unpaired) electrons.